The fourth-order valence-corrected chi connectivity index (χ4v) is 1.34. The molecule has 0 aliphatic rings. The zero-order valence-electron chi connectivity index (χ0n) is 8.04. The SMILES string of the molecule is Cc1cc(O)c(Cl)cc1C(=O)C(C)N. The average molecular weight is 214 g/mol. The number of benzene rings is 1. The maximum absolute atomic E-state index is 11.6. The van der Waals surface area contributed by atoms with Gasteiger partial charge in [0.2, 0.25) is 0 Å². The van der Waals surface area contributed by atoms with E-state index in [0.29, 0.717) is 11.1 Å². The van der Waals surface area contributed by atoms with Crippen LogP contribution in [-0.4, -0.2) is 16.9 Å². The molecule has 1 aromatic rings. The molecule has 1 atom stereocenters. The van der Waals surface area contributed by atoms with Gasteiger partial charge in [0.1, 0.15) is 5.75 Å². The Hall–Kier alpha value is -1.06. The van der Waals surface area contributed by atoms with Crippen molar-refractivity contribution in [3.05, 3.63) is 28.3 Å². The highest BCUT2D eigenvalue weighted by molar-refractivity contribution is 6.32. The monoisotopic (exact) mass is 213 g/mol. The molecule has 3 N–H and O–H groups in total. The van der Waals surface area contributed by atoms with Crippen LogP contribution in [0.3, 0.4) is 0 Å². The van der Waals surface area contributed by atoms with Gasteiger partial charge in [0.25, 0.3) is 0 Å². The summed E-state index contributed by atoms with van der Waals surface area (Å²) in [6, 6.07) is 2.34. The number of hydrogen-bond donors (Lipinski definition) is 2. The third kappa shape index (κ3) is 2.05. The number of nitrogens with two attached hydrogens (primary N) is 1. The van der Waals surface area contributed by atoms with Gasteiger partial charge in [-0.15, -0.1) is 0 Å². The average Bonchev–Trinajstić information content (AvgIpc) is 2.10. The standard InChI is InChI=1S/C10H12ClNO2/c1-5-3-9(13)8(11)4-7(5)10(14)6(2)12/h3-4,6,13H,12H2,1-2H3. The van der Waals surface area contributed by atoms with E-state index in [2.05, 4.69) is 0 Å². The smallest absolute Gasteiger partial charge is 0.179 e. The van der Waals surface area contributed by atoms with E-state index in [-0.39, 0.29) is 16.6 Å². The zero-order valence-corrected chi connectivity index (χ0v) is 8.80. The molecule has 0 heterocycles. The molecule has 4 heteroatoms. The van der Waals surface area contributed by atoms with Crippen molar-refractivity contribution in [2.24, 2.45) is 5.73 Å². The third-order valence-electron chi connectivity index (χ3n) is 1.97. The van der Waals surface area contributed by atoms with Crippen LogP contribution in [0.15, 0.2) is 12.1 Å². The highest BCUT2D eigenvalue weighted by Gasteiger charge is 2.15. The Balaban J connectivity index is 3.22. The summed E-state index contributed by atoms with van der Waals surface area (Å²) < 4.78 is 0. The van der Waals surface area contributed by atoms with Crippen LogP contribution in [0.4, 0.5) is 0 Å². The van der Waals surface area contributed by atoms with E-state index in [1.54, 1.807) is 13.8 Å². The number of aryl methyl sites for hydroxylation is 1. The van der Waals surface area contributed by atoms with Gasteiger partial charge in [-0.3, -0.25) is 4.79 Å². The van der Waals surface area contributed by atoms with Gasteiger partial charge in [-0.2, -0.15) is 0 Å². The molecule has 1 aromatic carbocycles. The number of carbonyl (C=O) groups excluding carboxylic acids is 1. The predicted molar refractivity (Wildman–Crippen MR) is 55.8 cm³/mol. The molecule has 0 bridgehead atoms. The second kappa shape index (κ2) is 3.98. The molecule has 14 heavy (non-hydrogen) atoms. The first kappa shape index (κ1) is 11.0. The lowest BCUT2D eigenvalue weighted by molar-refractivity contribution is 0.0967. The first-order chi connectivity index (χ1) is 6.43. The molecule has 0 aromatic heterocycles. The fraction of sp³-hybridized carbons (Fsp3) is 0.300. The van der Waals surface area contributed by atoms with Crippen LogP contribution in [0.5, 0.6) is 5.75 Å². The molecule has 0 spiro atoms. The number of rotatable bonds is 2. The van der Waals surface area contributed by atoms with Crippen molar-refractivity contribution in [3.63, 3.8) is 0 Å². The van der Waals surface area contributed by atoms with Crippen molar-refractivity contribution in [1.82, 2.24) is 0 Å². The van der Waals surface area contributed by atoms with Crippen molar-refractivity contribution in [2.45, 2.75) is 19.9 Å². The molecule has 0 fully saturated rings. The van der Waals surface area contributed by atoms with E-state index in [4.69, 9.17) is 17.3 Å². The van der Waals surface area contributed by atoms with Gasteiger partial charge in [0.15, 0.2) is 5.78 Å². The van der Waals surface area contributed by atoms with Gasteiger partial charge in [0.05, 0.1) is 11.1 Å². The number of phenols is 1. The van der Waals surface area contributed by atoms with Crippen molar-refractivity contribution >= 4 is 17.4 Å². The molecule has 0 aliphatic heterocycles. The quantitative estimate of drug-likeness (QED) is 0.738. The molecule has 0 saturated carbocycles. The second-order valence-electron chi connectivity index (χ2n) is 3.27. The maximum Gasteiger partial charge on any atom is 0.179 e. The fourth-order valence-electron chi connectivity index (χ4n) is 1.18. The summed E-state index contributed by atoms with van der Waals surface area (Å²) >= 11 is 5.69. The minimum Gasteiger partial charge on any atom is -0.506 e. The number of carbonyl (C=O) groups is 1. The summed E-state index contributed by atoms with van der Waals surface area (Å²) in [6.07, 6.45) is 0. The minimum atomic E-state index is -0.561. The van der Waals surface area contributed by atoms with E-state index < -0.39 is 6.04 Å². The zero-order chi connectivity index (χ0) is 10.9. The summed E-state index contributed by atoms with van der Waals surface area (Å²) in [7, 11) is 0. The summed E-state index contributed by atoms with van der Waals surface area (Å²) in [4.78, 5) is 11.6. The van der Waals surface area contributed by atoms with Crippen LogP contribution in [0.2, 0.25) is 5.02 Å². The topological polar surface area (TPSA) is 63.3 Å². The Labute approximate surface area is 87.5 Å². The molecule has 1 rings (SSSR count). The highest BCUT2D eigenvalue weighted by Crippen LogP contribution is 2.27. The lowest BCUT2D eigenvalue weighted by atomic mass is 10.0. The summed E-state index contributed by atoms with van der Waals surface area (Å²) in [5.74, 6) is -0.199. The highest BCUT2D eigenvalue weighted by atomic mass is 35.5. The van der Waals surface area contributed by atoms with Gasteiger partial charge >= 0.3 is 0 Å². The molecule has 3 nitrogen and oxygen atoms in total. The van der Waals surface area contributed by atoms with Crippen molar-refractivity contribution in [1.29, 1.82) is 0 Å². The van der Waals surface area contributed by atoms with E-state index in [1.165, 1.54) is 12.1 Å². The first-order valence-electron chi connectivity index (χ1n) is 4.22. The molecular formula is C10H12ClNO2. The Morgan fingerprint density at radius 3 is 2.64 bits per heavy atom. The summed E-state index contributed by atoms with van der Waals surface area (Å²) in [5, 5.41) is 9.44. The van der Waals surface area contributed by atoms with Gasteiger partial charge in [0, 0.05) is 5.56 Å². The minimum absolute atomic E-state index is 0.0228. The number of aromatic hydroxyl groups is 1. The van der Waals surface area contributed by atoms with Crippen molar-refractivity contribution < 1.29 is 9.90 Å². The van der Waals surface area contributed by atoms with Crippen LogP contribution in [0.1, 0.15) is 22.8 Å². The number of Topliss-reactive ketones (excluding diaryl/α,β-unsaturated/α-hetero) is 1. The van der Waals surface area contributed by atoms with Crippen LogP contribution in [0.25, 0.3) is 0 Å². The molecule has 0 aliphatic carbocycles. The lowest BCUT2D eigenvalue weighted by Gasteiger charge is -2.09. The largest absolute Gasteiger partial charge is 0.506 e. The van der Waals surface area contributed by atoms with Crippen LogP contribution in [0, 0.1) is 6.92 Å². The summed E-state index contributed by atoms with van der Waals surface area (Å²) in [5.41, 5.74) is 6.61. The van der Waals surface area contributed by atoms with Gasteiger partial charge in [-0.1, -0.05) is 11.6 Å². The number of hydrogen-bond acceptors (Lipinski definition) is 3. The molecule has 0 saturated heterocycles. The first-order valence-corrected chi connectivity index (χ1v) is 4.60. The van der Waals surface area contributed by atoms with Gasteiger partial charge in [-0.05, 0) is 31.5 Å². The summed E-state index contributed by atoms with van der Waals surface area (Å²) in [6.45, 7) is 3.34. The van der Waals surface area contributed by atoms with Gasteiger partial charge < -0.3 is 10.8 Å². The van der Waals surface area contributed by atoms with E-state index in [0.717, 1.165) is 0 Å². The second-order valence-corrected chi connectivity index (χ2v) is 3.68. The van der Waals surface area contributed by atoms with Crippen LogP contribution in [-0.2, 0) is 0 Å². The van der Waals surface area contributed by atoms with E-state index in [9.17, 15) is 9.90 Å². The van der Waals surface area contributed by atoms with E-state index in [1.807, 2.05) is 0 Å². The Morgan fingerprint density at radius 1 is 1.57 bits per heavy atom. The lowest BCUT2D eigenvalue weighted by Crippen LogP contribution is -2.27. The van der Waals surface area contributed by atoms with E-state index >= 15 is 0 Å². The Morgan fingerprint density at radius 2 is 2.14 bits per heavy atom. The Kier molecular flexibility index (Phi) is 3.13. The number of halogens is 1. The normalized spacial score (nSPS) is 12.6. The molecule has 76 valence electrons. The predicted octanol–water partition coefficient (Wildman–Crippen LogP) is 1.88. The number of ketones is 1. The molecule has 0 radical (unpaired) electrons. The van der Waals surface area contributed by atoms with Crippen molar-refractivity contribution in [3.8, 4) is 5.75 Å². The molecule has 1 unspecified atom stereocenters. The maximum atomic E-state index is 11.6. The van der Waals surface area contributed by atoms with Gasteiger partial charge in [-0.25, -0.2) is 0 Å². The molecular weight excluding hydrogens is 202 g/mol. The Bertz CT molecular complexity index is 375. The van der Waals surface area contributed by atoms with Crippen LogP contribution >= 0.6 is 11.6 Å². The van der Waals surface area contributed by atoms with Crippen molar-refractivity contribution in [2.75, 3.05) is 0 Å². The molecule has 0 amide bonds. The third-order valence-corrected chi connectivity index (χ3v) is 2.28. The van der Waals surface area contributed by atoms with Crippen LogP contribution < -0.4 is 5.73 Å². The number of phenolic OH excluding ortho intramolecular Hbond substituents is 1.